The van der Waals surface area contributed by atoms with Crippen molar-refractivity contribution >= 4 is 23.2 Å². The Morgan fingerprint density at radius 1 is 0.900 bits per heavy atom. The molecule has 2 rings (SSSR count). The fraction of sp³-hybridized carbons (Fsp3) is 0.235. The van der Waals surface area contributed by atoms with E-state index in [2.05, 4.69) is 5.32 Å². The van der Waals surface area contributed by atoms with E-state index in [1.54, 1.807) is 6.07 Å². The van der Waals surface area contributed by atoms with E-state index >= 15 is 0 Å². The highest BCUT2D eigenvalue weighted by Crippen LogP contribution is 2.22. The van der Waals surface area contributed by atoms with Crippen LogP contribution in [-0.4, -0.2) is 5.91 Å². The van der Waals surface area contributed by atoms with Gasteiger partial charge >= 0.3 is 0 Å². The molecular formula is C17H18ClNO. The summed E-state index contributed by atoms with van der Waals surface area (Å²) in [5.41, 5.74) is 5.73. The van der Waals surface area contributed by atoms with Gasteiger partial charge < -0.3 is 5.32 Å². The van der Waals surface area contributed by atoms with Gasteiger partial charge in [-0.15, -0.1) is 0 Å². The van der Waals surface area contributed by atoms with Crippen molar-refractivity contribution in [3.05, 3.63) is 63.2 Å². The van der Waals surface area contributed by atoms with E-state index in [0.717, 1.165) is 22.4 Å². The molecule has 0 radical (unpaired) electrons. The van der Waals surface area contributed by atoms with Gasteiger partial charge in [0.15, 0.2) is 0 Å². The van der Waals surface area contributed by atoms with Crippen LogP contribution >= 0.6 is 11.6 Å². The van der Waals surface area contributed by atoms with E-state index in [-0.39, 0.29) is 5.91 Å². The molecule has 0 saturated heterocycles. The van der Waals surface area contributed by atoms with Crippen molar-refractivity contribution < 1.29 is 4.79 Å². The zero-order chi connectivity index (χ0) is 14.9. The van der Waals surface area contributed by atoms with Crippen molar-refractivity contribution in [1.82, 2.24) is 0 Å². The lowest BCUT2D eigenvalue weighted by Crippen LogP contribution is -2.14. The van der Waals surface area contributed by atoms with Gasteiger partial charge in [0.2, 0.25) is 0 Å². The van der Waals surface area contributed by atoms with Crippen LogP contribution in [0.3, 0.4) is 0 Å². The summed E-state index contributed by atoms with van der Waals surface area (Å²) >= 11 is 5.97. The third-order valence-corrected chi connectivity index (χ3v) is 3.77. The first-order valence-electron chi connectivity index (χ1n) is 6.54. The molecular weight excluding hydrogens is 270 g/mol. The maximum absolute atomic E-state index is 12.4. The molecule has 20 heavy (non-hydrogen) atoms. The van der Waals surface area contributed by atoms with Gasteiger partial charge in [0, 0.05) is 16.3 Å². The number of amides is 1. The Balaban J connectivity index is 2.33. The number of hydrogen-bond donors (Lipinski definition) is 1. The molecule has 0 saturated carbocycles. The monoisotopic (exact) mass is 287 g/mol. The van der Waals surface area contributed by atoms with E-state index in [4.69, 9.17) is 11.6 Å². The standard InChI is InChI=1S/C17H18ClNO/c1-10-5-6-14(18)9-16(10)19-17(20)15-8-12(3)11(2)7-13(15)4/h5-9H,1-4H3,(H,19,20). The van der Waals surface area contributed by atoms with Gasteiger partial charge in [-0.1, -0.05) is 23.7 Å². The Morgan fingerprint density at radius 3 is 2.25 bits per heavy atom. The lowest BCUT2D eigenvalue weighted by atomic mass is 10.0. The molecule has 0 heterocycles. The third-order valence-electron chi connectivity index (χ3n) is 3.53. The Kier molecular flexibility index (Phi) is 4.15. The minimum atomic E-state index is -0.101. The smallest absolute Gasteiger partial charge is 0.255 e. The average molecular weight is 288 g/mol. The predicted octanol–water partition coefficient (Wildman–Crippen LogP) is 4.83. The summed E-state index contributed by atoms with van der Waals surface area (Å²) in [7, 11) is 0. The minimum absolute atomic E-state index is 0.101. The van der Waals surface area contributed by atoms with Crippen LogP contribution in [0.5, 0.6) is 0 Å². The molecule has 1 amide bonds. The summed E-state index contributed by atoms with van der Waals surface area (Å²) in [4.78, 5) is 12.4. The zero-order valence-corrected chi connectivity index (χ0v) is 12.9. The van der Waals surface area contributed by atoms with E-state index in [0.29, 0.717) is 10.6 Å². The van der Waals surface area contributed by atoms with Crippen LogP contribution in [0.1, 0.15) is 32.6 Å². The van der Waals surface area contributed by atoms with Crippen molar-refractivity contribution in [2.75, 3.05) is 5.32 Å². The lowest BCUT2D eigenvalue weighted by Gasteiger charge is -2.12. The Labute approximate surface area is 124 Å². The molecule has 0 atom stereocenters. The Bertz CT molecular complexity index is 677. The molecule has 0 aliphatic heterocycles. The van der Waals surface area contributed by atoms with Crippen LogP contribution in [0, 0.1) is 27.7 Å². The molecule has 0 aliphatic carbocycles. The number of carbonyl (C=O) groups excluding carboxylic acids is 1. The number of aryl methyl sites for hydroxylation is 4. The van der Waals surface area contributed by atoms with Crippen molar-refractivity contribution in [2.24, 2.45) is 0 Å². The molecule has 2 nitrogen and oxygen atoms in total. The second-order valence-corrected chi connectivity index (χ2v) is 5.60. The normalized spacial score (nSPS) is 10.4. The summed E-state index contributed by atoms with van der Waals surface area (Å²) in [6, 6.07) is 9.44. The van der Waals surface area contributed by atoms with Crippen LogP contribution in [0.4, 0.5) is 5.69 Å². The van der Waals surface area contributed by atoms with Crippen molar-refractivity contribution in [3.8, 4) is 0 Å². The molecule has 3 heteroatoms. The van der Waals surface area contributed by atoms with Crippen LogP contribution in [0.25, 0.3) is 0 Å². The topological polar surface area (TPSA) is 29.1 Å². The van der Waals surface area contributed by atoms with Gasteiger partial charge in [0.05, 0.1) is 0 Å². The second kappa shape index (κ2) is 5.68. The molecule has 2 aromatic carbocycles. The minimum Gasteiger partial charge on any atom is -0.322 e. The lowest BCUT2D eigenvalue weighted by molar-refractivity contribution is 0.102. The maximum atomic E-state index is 12.4. The maximum Gasteiger partial charge on any atom is 0.255 e. The predicted molar refractivity (Wildman–Crippen MR) is 84.8 cm³/mol. The Hall–Kier alpha value is -1.80. The highest BCUT2D eigenvalue weighted by Gasteiger charge is 2.12. The second-order valence-electron chi connectivity index (χ2n) is 5.16. The van der Waals surface area contributed by atoms with Crippen LogP contribution in [0.15, 0.2) is 30.3 Å². The Morgan fingerprint density at radius 2 is 1.55 bits per heavy atom. The number of carbonyl (C=O) groups is 1. The molecule has 0 spiro atoms. The van der Waals surface area contributed by atoms with E-state index < -0.39 is 0 Å². The molecule has 0 aromatic heterocycles. The molecule has 0 unspecified atom stereocenters. The molecule has 104 valence electrons. The summed E-state index contributed by atoms with van der Waals surface area (Å²) in [5, 5.41) is 3.55. The molecule has 2 aromatic rings. The number of nitrogens with one attached hydrogen (secondary N) is 1. The molecule has 0 fully saturated rings. The molecule has 0 aliphatic rings. The summed E-state index contributed by atoms with van der Waals surface area (Å²) < 4.78 is 0. The van der Waals surface area contributed by atoms with E-state index in [1.807, 2.05) is 52.0 Å². The first kappa shape index (κ1) is 14.6. The highest BCUT2D eigenvalue weighted by molar-refractivity contribution is 6.31. The summed E-state index contributed by atoms with van der Waals surface area (Å²) in [6.07, 6.45) is 0. The van der Waals surface area contributed by atoms with Crippen molar-refractivity contribution in [1.29, 1.82) is 0 Å². The molecule has 1 N–H and O–H groups in total. The third kappa shape index (κ3) is 3.02. The number of hydrogen-bond acceptors (Lipinski definition) is 1. The van der Waals surface area contributed by atoms with Crippen molar-refractivity contribution in [3.63, 3.8) is 0 Å². The van der Waals surface area contributed by atoms with Gasteiger partial charge in [0.1, 0.15) is 0 Å². The quantitative estimate of drug-likeness (QED) is 0.842. The first-order chi connectivity index (χ1) is 9.38. The van der Waals surface area contributed by atoms with Gasteiger partial charge in [-0.05, 0) is 68.1 Å². The SMILES string of the molecule is Cc1cc(C)c(C(=O)Nc2cc(Cl)ccc2C)cc1C. The first-order valence-corrected chi connectivity index (χ1v) is 6.91. The number of rotatable bonds is 2. The number of halogens is 1. The zero-order valence-electron chi connectivity index (χ0n) is 12.2. The van der Waals surface area contributed by atoms with Crippen LogP contribution in [0.2, 0.25) is 5.02 Å². The fourth-order valence-electron chi connectivity index (χ4n) is 2.12. The van der Waals surface area contributed by atoms with Crippen LogP contribution in [-0.2, 0) is 0 Å². The summed E-state index contributed by atoms with van der Waals surface area (Å²) in [5.74, 6) is -0.101. The average Bonchev–Trinajstić information content (AvgIpc) is 2.38. The molecule has 0 bridgehead atoms. The van der Waals surface area contributed by atoms with Gasteiger partial charge in [-0.25, -0.2) is 0 Å². The van der Waals surface area contributed by atoms with E-state index in [9.17, 15) is 4.79 Å². The van der Waals surface area contributed by atoms with Gasteiger partial charge in [0.25, 0.3) is 5.91 Å². The number of benzene rings is 2. The highest BCUT2D eigenvalue weighted by atomic mass is 35.5. The number of anilines is 1. The van der Waals surface area contributed by atoms with Gasteiger partial charge in [-0.3, -0.25) is 4.79 Å². The van der Waals surface area contributed by atoms with Gasteiger partial charge in [-0.2, -0.15) is 0 Å². The van der Waals surface area contributed by atoms with Crippen LogP contribution < -0.4 is 5.32 Å². The van der Waals surface area contributed by atoms with Crippen molar-refractivity contribution in [2.45, 2.75) is 27.7 Å². The summed E-state index contributed by atoms with van der Waals surface area (Å²) in [6.45, 7) is 7.95. The largest absolute Gasteiger partial charge is 0.322 e. The fourth-order valence-corrected chi connectivity index (χ4v) is 2.30. The van der Waals surface area contributed by atoms with E-state index in [1.165, 1.54) is 5.56 Å².